The Kier molecular flexibility index (Phi) is 6.80. The van der Waals surface area contributed by atoms with E-state index in [1.165, 1.54) is 4.90 Å². The lowest BCUT2D eigenvalue weighted by Crippen LogP contribution is -2.58. The fraction of sp³-hybridized carbons (Fsp3) is 0.636. The average Bonchev–Trinajstić information content (AvgIpc) is 2.93. The first-order valence-electron chi connectivity index (χ1n) is 10.5. The molecule has 0 radical (unpaired) electrons. The number of amides is 3. The van der Waals surface area contributed by atoms with E-state index in [0.29, 0.717) is 32.0 Å². The standard InChI is InChI=1S/C22H33N3O4/c1-5-17(2)23-11-9-22(10-12-23)20(26)24(21(27)25(22)13-14-28-3)16-18-7-6-8-19(15-18)29-4/h6-8,15,17H,5,9-14,16H2,1-4H3. The summed E-state index contributed by atoms with van der Waals surface area (Å²) in [6.45, 7) is 7.16. The van der Waals surface area contributed by atoms with E-state index in [0.717, 1.165) is 30.8 Å². The van der Waals surface area contributed by atoms with Crippen LogP contribution in [0.3, 0.4) is 0 Å². The number of hydrogen-bond acceptors (Lipinski definition) is 5. The van der Waals surface area contributed by atoms with E-state index in [2.05, 4.69) is 18.7 Å². The number of imide groups is 1. The molecule has 1 aromatic rings. The van der Waals surface area contributed by atoms with Crippen LogP contribution in [0.5, 0.6) is 5.75 Å². The van der Waals surface area contributed by atoms with Gasteiger partial charge in [-0.15, -0.1) is 0 Å². The zero-order valence-electron chi connectivity index (χ0n) is 18.0. The second-order valence-electron chi connectivity index (χ2n) is 7.99. The molecule has 2 fully saturated rings. The van der Waals surface area contributed by atoms with Crippen molar-refractivity contribution in [2.45, 2.75) is 51.2 Å². The first-order chi connectivity index (χ1) is 14.0. The number of benzene rings is 1. The van der Waals surface area contributed by atoms with Crippen molar-refractivity contribution < 1.29 is 19.1 Å². The minimum Gasteiger partial charge on any atom is -0.497 e. The van der Waals surface area contributed by atoms with Crippen molar-refractivity contribution in [1.29, 1.82) is 0 Å². The van der Waals surface area contributed by atoms with Crippen LogP contribution in [-0.2, 0) is 16.1 Å². The van der Waals surface area contributed by atoms with Gasteiger partial charge in [-0.05, 0) is 43.9 Å². The van der Waals surface area contributed by atoms with Crippen molar-refractivity contribution in [1.82, 2.24) is 14.7 Å². The van der Waals surface area contributed by atoms with E-state index < -0.39 is 5.54 Å². The van der Waals surface area contributed by atoms with Crippen LogP contribution in [0.1, 0.15) is 38.7 Å². The molecule has 1 spiro atoms. The third-order valence-corrected chi connectivity index (χ3v) is 6.45. The quantitative estimate of drug-likeness (QED) is 0.625. The number of piperidine rings is 1. The summed E-state index contributed by atoms with van der Waals surface area (Å²) in [4.78, 5) is 32.4. The van der Waals surface area contributed by atoms with Crippen LogP contribution in [0.25, 0.3) is 0 Å². The van der Waals surface area contributed by atoms with Crippen LogP contribution in [0.2, 0.25) is 0 Å². The number of methoxy groups -OCH3 is 2. The molecule has 0 N–H and O–H groups in total. The van der Waals surface area contributed by atoms with Crippen LogP contribution in [-0.4, -0.2) is 78.7 Å². The molecule has 3 amide bonds. The van der Waals surface area contributed by atoms with Gasteiger partial charge in [0, 0.05) is 32.8 Å². The number of nitrogens with zero attached hydrogens (tertiary/aromatic N) is 3. The molecule has 0 bridgehead atoms. The van der Waals surface area contributed by atoms with Crippen LogP contribution >= 0.6 is 0 Å². The van der Waals surface area contributed by atoms with Gasteiger partial charge in [0.25, 0.3) is 5.91 Å². The van der Waals surface area contributed by atoms with Crippen LogP contribution in [0.15, 0.2) is 24.3 Å². The lowest BCUT2D eigenvalue weighted by molar-refractivity contribution is -0.136. The summed E-state index contributed by atoms with van der Waals surface area (Å²) in [5, 5.41) is 0. The summed E-state index contributed by atoms with van der Waals surface area (Å²) in [5.41, 5.74) is 0.130. The van der Waals surface area contributed by atoms with E-state index in [4.69, 9.17) is 9.47 Å². The monoisotopic (exact) mass is 403 g/mol. The van der Waals surface area contributed by atoms with Gasteiger partial charge in [0.15, 0.2) is 0 Å². The zero-order valence-corrected chi connectivity index (χ0v) is 18.0. The minimum atomic E-state index is -0.752. The van der Waals surface area contributed by atoms with Crippen molar-refractivity contribution in [3.05, 3.63) is 29.8 Å². The normalized spacial score (nSPS) is 20.6. The molecule has 29 heavy (non-hydrogen) atoms. The number of urea groups is 1. The highest BCUT2D eigenvalue weighted by Crippen LogP contribution is 2.38. The van der Waals surface area contributed by atoms with E-state index in [1.54, 1.807) is 19.1 Å². The highest BCUT2D eigenvalue weighted by atomic mass is 16.5. The summed E-state index contributed by atoms with van der Waals surface area (Å²) < 4.78 is 10.5. The SMILES string of the molecule is CCC(C)N1CCC2(CC1)C(=O)N(Cc1cccc(OC)c1)C(=O)N2CCOC. The van der Waals surface area contributed by atoms with Gasteiger partial charge >= 0.3 is 6.03 Å². The van der Waals surface area contributed by atoms with Gasteiger partial charge in [-0.1, -0.05) is 19.1 Å². The van der Waals surface area contributed by atoms with Gasteiger partial charge in [-0.25, -0.2) is 4.79 Å². The van der Waals surface area contributed by atoms with Crippen LogP contribution in [0.4, 0.5) is 4.79 Å². The topological polar surface area (TPSA) is 62.3 Å². The lowest BCUT2D eigenvalue weighted by atomic mass is 9.85. The highest BCUT2D eigenvalue weighted by molar-refractivity contribution is 6.07. The summed E-state index contributed by atoms with van der Waals surface area (Å²) in [7, 11) is 3.23. The molecule has 7 heteroatoms. The van der Waals surface area contributed by atoms with Crippen molar-refractivity contribution in [2.75, 3.05) is 40.5 Å². The predicted octanol–water partition coefficient (Wildman–Crippen LogP) is 2.74. The summed E-state index contributed by atoms with van der Waals surface area (Å²) in [5.74, 6) is 0.639. The summed E-state index contributed by atoms with van der Waals surface area (Å²) in [6.07, 6.45) is 2.41. The first-order valence-corrected chi connectivity index (χ1v) is 10.5. The largest absolute Gasteiger partial charge is 0.497 e. The number of hydrogen-bond donors (Lipinski definition) is 0. The van der Waals surface area contributed by atoms with Crippen molar-refractivity contribution in [3.63, 3.8) is 0 Å². The van der Waals surface area contributed by atoms with Gasteiger partial charge in [0.05, 0.1) is 20.3 Å². The molecule has 0 aromatic heterocycles. The van der Waals surface area contributed by atoms with Crippen molar-refractivity contribution in [2.24, 2.45) is 0 Å². The molecule has 2 aliphatic rings. The number of rotatable bonds is 8. The molecule has 2 heterocycles. The molecule has 0 saturated carbocycles. The Labute approximate surface area is 173 Å². The molecule has 3 rings (SSSR count). The molecule has 1 aromatic carbocycles. The van der Waals surface area contributed by atoms with Gasteiger partial charge in [0.1, 0.15) is 11.3 Å². The lowest BCUT2D eigenvalue weighted by Gasteiger charge is -2.43. The molecule has 2 saturated heterocycles. The second-order valence-corrected chi connectivity index (χ2v) is 7.99. The number of carbonyl (C=O) groups excluding carboxylic acids is 2. The Hall–Kier alpha value is -2.12. The Morgan fingerprint density at radius 1 is 1.17 bits per heavy atom. The fourth-order valence-corrected chi connectivity index (χ4v) is 4.44. The molecular formula is C22H33N3O4. The predicted molar refractivity (Wildman–Crippen MR) is 111 cm³/mol. The zero-order chi connectivity index (χ0) is 21.0. The maximum atomic E-state index is 13.5. The first kappa shape index (κ1) is 21.6. The minimum absolute atomic E-state index is 0.0785. The molecule has 1 atom stereocenters. The highest BCUT2D eigenvalue weighted by Gasteiger charge is 2.57. The van der Waals surface area contributed by atoms with Crippen molar-refractivity contribution >= 4 is 11.9 Å². The molecule has 7 nitrogen and oxygen atoms in total. The Morgan fingerprint density at radius 3 is 2.52 bits per heavy atom. The third-order valence-electron chi connectivity index (χ3n) is 6.45. The molecule has 2 aliphatic heterocycles. The molecule has 160 valence electrons. The third kappa shape index (κ3) is 4.12. The van der Waals surface area contributed by atoms with E-state index in [1.807, 2.05) is 24.3 Å². The van der Waals surface area contributed by atoms with E-state index in [-0.39, 0.29) is 18.5 Å². The van der Waals surface area contributed by atoms with E-state index >= 15 is 0 Å². The Morgan fingerprint density at radius 2 is 1.90 bits per heavy atom. The van der Waals surface area contributed by atoms with Gasteiger partial charge in [0.2, 0.25) is 0 Å². The molecular weight excluding hydrogens is 370 g/mol. The fourth-order valence-electron chi connectivity index (χ4n) is 4.44. The van der Waals surface area contributed by atoms with Gasteiger partial charge in [-0.3, -0.25) is 9.69 Å². The second kappa shape index (κ2) is 9.13. The maximum absolute atomic E-state index is 13.5. The average molecular weight is 404 g/mol. The maximum Gasteiger partial charge on any atom is 0.328 e. The number of carbonyl (C=O) groups is 2. The van der Waals surface area contributed by atoms with Crippen LogP contribution < -0.4 is 4.74 Å². The van der Waals surface area contributed by atoms with Crippen molar-refractivity contribution in [3.8, 4) is 5.75 Å². The number of ether oxygens (including phenoxy) is 2. The van der Waals surface area contributed by atoms with E-state index in [9.17, 15) is 9.59 Å². The molecule has 0 aliphatic carbocycles. The molecule has 1 unspecified atom stereocenters. The summed E-state index contributed by atoms with van der Waals surface area (Å²) >= 11 is 0. The Bertz CT molecular complexity index is 731. The summed E-state index contributed by atoms with van der Waals surface area (Å²) in [6, 6.07) is 7.79. The Balaban J connectivity index is 1.83. The van der Waals surface area contributed by atoms with Crippen LogP contribution in [0, 0.1) is 0 Å². The van der Waals surface area contributed by atoms with Gasteiger partial charge < -0.3 is 19.3 Å². The van der Waals surface area contributed by atoms with Gasteiger partial charge in [-0.2, -0.15) is 0 Å². The smallest absolute Gasteiger partial charge is 0.328 e. The number of likely N-dealkylation sites (tertiary alicyclic amines) is 1.